The SMILES string of the molecule is CC(=O)Nc1ccc(S(=O)(=O)Nc2cccc(OCc3ccccn3)c2)cc1. The summed E-state index contributed by atoms with van der Waals surface area (Å²) in [6.07, 6.45) is 1.68. The molecule has 1 amide bonds. The second-order valence-electron chi connectivity index (χ2n) is 5.95. The highest BCUT2D eigenvalue weighted by molar-refractivity contribution is 7.92. The van der Waals surface area contributed by atoms with Crippen molar-refractivity contribution in [3.63, 3.8) is 0 Å². The van der Waals surface area contributed by atoms with Crippen LogP contribution in [-0.2, 0) is 21.4 Å². The Bertz CT molecular complexity index is 1050. The van der Waals surface area contributed by atoms with E-state index in [4.69, 9.17) is 4.74 Å². The second-order valence-corrected chi connectivity index (χ2v) is 7.63. The number of nitrogens with one attached hydrogen (secondary N) is 2. The molecule has 2 aromatic carbocycles. The summed E-state index contributed by atoms with van der Waals surface area (Å²) in [5.74, 6) is 0.295. The van der Waals surface area contributed by atoms with Crippen molar-refractivity contribution in [2.75, 3.05) is 10.0 Å². The number of hydrogen-bond acceptors (Lipinski definition) is 5. The first-order chi connectivity index (χ1) is 13.4. The number of hydrogen-bond donors (Lipinski definition) is 2. The summed E-state index contributed by atoms with van der Waals surface area (Å²) < 4.78 is 33.3. The molecule has 3 aromatic rings. The Morgan fingerprint density at radius 3 is 2.46 bits per heavy atom. The quantitative estimate of drug-likeness (QED) is 0.637. The Morgan fingerprint density at radius 1 is 1.00 bits per heavy atom. The van der Waals surface area contributed by atoms with Crippen molar-refractivity contribution in [1.82, 2.24) is 4.98 Å². The lowest BCUT2D eigenvalue weighted by atomic mass is 10.3. The molecule has 1 aromatic heterocycles. The van der Waals surface area contributed by atoms with Gasteiger partial charge in [-0.25, -0.2) is 8.42 Å². The number of amides is 1. The van der Waals surface area contributed by atoms with Crippen LogP contribution in [0.4, 0.5) is 11.4 Å². The number of aromatic nitrogens is 1. The Kier molecular flexibility index (Phi) is 5.90. The minimum atomic E-state index is -3.77. The van der Waals surface area contributed by atoms with Crippen molar-refractivity contribution in [2.45, 2.75) is 18.4 Å². The Labute approximate surface area is 163 Å². The zero-order chi connectivity index (χ0) is 20.0. The van der Waals surface area contributed by atoms with Gasteiger partial charge in [-0.1, -0.05) is 12.1 Å². The van der Waals surface area contributed by atoms with Crippen molar-refractivity contribution in [3.8, 4) is 5.75 Å². The van der Waals surface area contributed by atoms with Crippen LogP contribution in [0.5, 0.6) is 5.75 Å². The maximum atomic E-state index is 12.6. The summed E-state index contributed by atoms with van der Waals surface area (Å²) in [6, 6.07) is 18.1. The third-order valence-electron chi connectivity index (χ3n) is 3.68. The molecule has 0 aliphatic carbocycles. The Hall–Kier alpha value is -3.39. The predicted octanol–water partition coefficient (Wildman–Crippen LogP) is 3.42. The van der Waals surface area contributed by atoms with Gasteiger partial charge in [0.05, 0.1) is 16.3 Å². The molecule has 1 heterocycles. The van der Waals surface area contributed by atoms with Gasteiger partial charge in [0.15, 0.2) is 0 Å². The van der Waals surface area contributed by atoms with Crippen molar-refractivity contribution in [3.05, 3.63) is 78.6 Å². The molecular weight excluding hydrogens is 378 g/mol. The largest absolute Gasteiger partial charge is 0.487 e. The van der Waals surface area contributed by atoms with Crippen LogP contribution >= 0.6 is 0 Å². The van der Waals surface area contributed by atoms with E-state index in [1.807, 2.05) is 18.2 Å². The summed E-state index contributed by atoms with van der Waals surface area (Å²) in [6.45, 7) is 1.66. The highest BCUT2D eigenvalue weighted by Gasteiger charge is 2.14. The predicted molar refractivity (Wildman–Crippen MR) is 107 cm³/mol. The van der Waals surface area contributed by atoms with Gasteiger partial charge < -0.3 is 10.1 Å². The molecule has 7 nitrogen and oxygen atoms in total. The first-order valence-electron chi connectivity index (χ1n) is 8.46. The first kappa shape index (κ1) is 19.4. The van der Waals surface area contributed by atoms with Crippen molar-refractivity contribution < 1.29 is 17.9 Å². The van der Waals surface area contributed by atoms with E-state index < -0.39 is 10.0 Å². The van der Waals surface area contributed by atoms with E-state index in [-0.39, 0.29) is 17.4 Å². The summed E-state index contributed by atoms with van der Waals surface area (Å²) in [5.41, 5.74) is 1.67. The molecule has 0 saturated heterocycles. The average molecular weight is 397 g/mol. The van der Waals surface area contributed by atoms with Crippen LogP contribution in [0.2, 0.25) is 0 Å². The number of sulfonamides is 1. The molecule has 28 heavy (non-hydrogen) atoms. The van der Waals surface area contributed by atoms with Crippen molar-refractivity contribution in [1.29, 1.82) is 0 Å². The molecule has 0 unspecified atom stereocenters. The minimum absolute atomic E-state index is 0.0846. The van der Waals surface area contributed by atoms with Crippen molar-refractivity contribution >= 4 is 27.3 Å². The van der Waals surface area contributed by atoms with Crippen LogP contribution in [0.1, 0.15) is 12.6 Å². The fourth-order valence-electron chi connectivity index (χ4n) is 2.42. The molecule has 3 rings (SSSR count). The minimum Gasteiger partial charge on any atom is -0.487 e. The number of benzene rings is 2. The third-order valence-corrected chi connectivity index (χ3v) is 5.08. The molecule has 0 aliphatic rings. The number of nitrogens with zero attached hydrogens (tertiary/aromatic N) is 1. The molecule has 0 atom stereocenters. The van der Waals surface area contributed by atoms with E-state index in [0.717, 1.165) is 5.69 Å². The molecule has 0 aliphatic heterocycles. The molecule has 144 valence electrons. The van der Waals surface area contributed by atoms with Gasteiger partial charge in [0.2, 0.25) is 5.91 Å². The molecule has 0 saturated carbocycles. The lowest BCUT2D eigenvalue weighted by Crippen LogP contribution is -2.13. The van der Waals surface area contributed by atoms with Crippen molar-refractivity contribution in [2.24, 2.45) is 0 Å². The maximum absolute atomic E-state index is 12.6. The maximum Gasteiger partial charge on any atom is 0.261 e. The molecule has 0 bridgehead atoms. The number of rotatable bonds is 7. The van der Waals surface area contributed by atoms with Gasteiger partial charge in [0.1, 0.15) is 12.4 Å². The Morgan fingerprint density at radius 2 is 1.79 bits per heavy atom. The van der Waals surface area contributed by atoms with Crippen LogP contribution in [0, 0.1) is 0 Å². The molecule has 0 fully saturated rings. The molecule has 0 radical (unpaired) electrons. The fourth-order valence-corrected chi connectivity index (χ4v) is 3.47. The summed E-state index contributed by atoms with van der Waals surface area (Å²) in [4.78, 5) is 15.3. The summed E-state index contributed by atoms with van der Waals surface area (Å²) in [7, 11) is -3.77. The van der Waals surface area contributed by atoms with Crippen LogP contribution in [-0.4, -0.2) is 19.3 Å². The van der Waals surface area contributed by atoms with Gasteiger partial charge in [0, 0.05) is 24.9 Å². The normalized spacial score (nSPS) is 10.9. The smallest absolute Gasteiger partial charge is 0.261 e. The fraction of sp³-hybridized carbons (Fsp3) is 0.100. The van der Waals surface area contributed by atoms with Crippen LogP contribution in [0.15, 0.2) is 77.8 Å². The molecule has 8 heteroatoms. The number of carbonyl (C=O) groups is 1. The van der Waals surface area contributed by atoms with Gasteiger partial charge in [-0.05, 0) is 48.5 Å². The highest BCUT2D eigenvalue weighted by Crippen LogP contribution is 2.22. The van der Waals surface area contributed by atoms with Gasteiger partial charge in [-0.15, -0.1) is 0 Å². The number of pyridine rings is 1. The van der Waals surface area contributed by atoms with E-state index in [1.54, 1.807) is 30.5 Å². The van der Waals surface area contributed by atoms with E-state index in [0.29, 0.717) is 17.1 Å². The van der Waals surface area contributed by atoms with Gasteiger partial charge in [-0.2, -0.15) is 0 Å². The van der Waals surface area contributed by atoms with Crippen LogP contribution < -0.4 is 14.8 Å². The average Bonchev–Trinajstić information content (AvgIpc) is 2.67. The second kappa shape index (κ2) is 8.53. The number of ether oxygens (including phenoxy) is 1. The zero-order valence-corrected chi connectivity index (χ0v) is 15.9. The number of anilines is 2. The van der Waals surface area contributed by atoms with Gasteiger partial charge in [0.25, 0.3) is 10.0 Å². The highest BCUT2D eigenvalue weighted by atomic mass is 32.2. The third kappa shape index (κ3) is 5.31. The number of carbonyl (C=O) groups excluding carboxylic acids is 1. The van der Waals surface area contributed by atoms with E-state index in [2.05, 4.69) is 15.0 Å². The summed E-state index contributed by atoms with van der Waals surface area (Å²) in [5, 5.41) is 2.59. The topological polar surface area (TPSA) is 97.4 Å². The Balaban J connectivity index is 1.69. The monoisotopic (exact) mass is 397 g/mol. The molecular formula is C20H19N3O4S. The van der Waals surface area contributed by atoms with E-state index in [1.165, 1.54) is 31.2 Å². The van der Waals surface area contributed by atoms with E-state index >= 15 is 0 Å². The van der Waals surface area contributed by atoms with Crippen LogP contribution in [0.25, 0.3) is 0 Å². The standard InChI is InChI=1S/C20H19N3O4S/c1-15(24)22-16-8-10-20(11-9-16)28(25,26)23-17-6-4-7-19(13-17)27-14-18-5-2-3-12-21-18/h2-13,23H,14H2,1H3,(H,22,24). The zero-order valence-electron chi connectivity index (χ0n) is 15.1. The summed E-state index contributed by atoms with van der Waals surface area (Å²) >= 11 is 0. The first-order valence-corrected chi connectivity index (χ1v) is 9.94. The molecule has 0 spiro atoms. The lowest BCUT2D eigenvalue weighted by molar-refractivity contribution is -0.114. The van der Waals surface area contributed by atoms with E-state index in [9.17, 15) is 13.2 Å². The van der Waals surface area contributed by atoms with Crippen LogP contribution in [0.3, 0.4) is 0 Å². The lowest BCUT2D eigenvalue weighted by Gasteiger charge is -2.11. The molecule has 2 N–H and O–H groups in total. The van der Waals surface area contributed by atoms with Gasteiger partial charge in [-0.3, -0.25) is 14.5 Å². The van der Waals surface area contributed by atoms with Gasteiger partial charge >= 0.3 is 0 Å².